The van der Waals surface area contributed by atoms with Gasteiger partial charge in [0, 0.05) is 24.3 Å². The van der Waals surface area contributed by atoms with Gasteiger partial charge in [0.25, 0.3) is 0 Å². The Kier molecular flexibility index (Phi) is 4.31. The molecule has 0 unspecified atom stereocenters. The van der Waals surface area contributed by atoms with Gasteiger partial charge in [-0.2, -0.15) is 0 Å². The molecular formula is C18H18O7. The summed E-state index contributed by atoms with van der Waals surface area (Å²) in [6.45, 7) is 0. The third kappa shape index (κ3) is 2.88. The molecule has 7 nitrogen and oxygen atoms in total. The first-order valence-electron chi connectivity index (χ1n) is 7.54. The van der Waals surface area contributed by atoms with Crippen LogP contribution in [-0.2, 0) is 0 Å². The van der Waals surface area contributed by atoms with Crippen LogP contribution < -0.4 is 18.9 Å². The van der Waals surface area contributed by atoms with Gasteiger partial charge in [-0.05, 0) is 0 Å². The van der Waals surface area contributed by atoms with Gasteiger partial charge in [0.1, 0.15) is 46.2 Å². The van der Waals surface area contributed by atoms with Gasteiger partial charge in [-0.15, -0.1) is 0 Å². The lowest BCUT2D eigenvalue weighted by atomic mass is 9.94. The Morgan fingerprint density at radius 2 is 1.64 bits per heavy atom. The smallest absolute Gasteiger partial charge is 0.174 e. The Hall–Kier alpha value is -3.09. The third-order valence-electron chi connectivity index (χ3n) is 4.06. The SMILES string of the molecule is COc1cc(OC)c([C@@H]2CC(=O)c3c(O)cc(O)cc3O2)c(OC)c1. The summed E-state index contributed by atoms with van der Waals surface area (Å²) in [4.78, 5) is 12.5. The Morgan fingerprint density at radius 3 is 2.20 bits per heavy atom. The second-order valence-electron chi connectivity index (χ2n) is 5.52. The molecule has 2 aromatic carbocycles. The van der Waals surface area contributed by atoms with Crippen LogP contribution in [0.25, 0.3) is 0 Å². The number of ether oxygens (including phenoxy) is 4. The number of phenolic OH excluding ortho intramolecular Hbond substituents is 2. The molecule has 1 aliphatic rings. The lowest BCUT2D eigenvalue weighted by Gasteiger charge is -2.28. The molecule has 0 radical (unpaired) electrons. The molecule has 132 valence electrons. The highest BCUT2D eigenvalue weighted by Gasteiger charge is 2.34. The molecule has 1 heterocycles. The number of hydrogen-bond donors (Lipinski definition) is 2. The molecule has 0 amide bonds. The summed E-state index contributed by atoms with van der Waals surface area (Å²) in [7, 11) is 4.51. The van der Waals surface area contributed by atoms with Gasteiger partial charge >= 0.3 is 0 Å². The molecule has 2 N–H and O–H groups in total. The van der Waals surface area contributed by atoms with Crippen LogP contribution in [0.15, 0.2) is 24.3 Å². The molecule has 7 heteroatoms. The first kappa shape index (κ1) is 16.8. The molecule has 2 aromatic rings. The molecule has 0 saturated carbocycles. The van der Waals surface area contributed by atoms with Crippen molar-refractivity contribution in [3.63, 3.8) is 0 Å². The van der Waals surface area contributed by atoms with E-state index in [1.165, 1.54) is 27.4 Å². The van der Waals surface area contributed by atoms with Crippen LogP contribution in [0, 0.1) is 0 Å². The molecule has 1 atom stereocenters. The van der Waals surface area contributed by atoms with Crippen LogP contribution >= 0.6 is 0 Å². The number of ketones is 1. The monoisotopic (exact) mass is 346 g/mol. The number of benzene rings is 2. The van der Waals surface area contributed by atoms with Crippen molar-refractivity contribution in [2.75, 3.05) is 21.3 Å². The summed E-state index contributed by atoms with van der Waals surface area (Å²) in [5, 5.41) is 19.6. The van der Waals surface area contributed by atoms with Crippen molar-refractivity contribution in [1.29, 1.82) is 0 Å². The van der Waals surface area contributed by atoms with Crippen molar-refractivity contribution in [3.05, 3.63) is 35.4 Å². The van der Waals surface area contributed by atoms with E-state index in [9.17, 15) is 15.0 Å². The first-order chi connectivity index (χ1) is 12.0. The molecule has 0 aromatic heterocycles. The highest BCUT2D eigenvalue weighted by atomic mass is 16.5. The minimum Gasteiger partial charge on any atom is -0.508 e. The molecular weight excluding hydrogens is 328 g/mol. The number of fused-ring (bicyclic) bond motifs is 1. The van der Waals surface area contributed by atoms with Crippen LogP contribution in [0.4, 0.5) is 0 Å². The van der Waals surface area contributed by atoms with Crippen LogP contribution in [0.3, 0.4) is 0 Å². The highest BCUT2D eigenvalue weighted by molar-refractivity contribution is 6.02. The summed E-state index contributed by atoms with van der Waals surface area (Å²) < 4.78 is 21.9. The van der Waals surface area contributed by atoms with Crippen molar-refractivity contribution < 1.29 is 34.0 Å². The van der Waals surface area contributed by atoms with E-state index in [2.05, 4.69) is 0 Å². The molecule has 0 aliphatic carbocycles. The standard InChI is InChI=1S/C18H18O7/c1-22-10-6-13(23-2)18(14(7-10)24-3)16-8-12(21)17-11(20)4-9(19)5-15(17)25-16/h4-7,16,19-20H,8H2,1-3H3/t16-/m0/s1. The van der Waals surface area contributed by atoms with E-state index in [1.54, 1.807) is 12.1 Å². The average molecular weight is 346 g/mol. The van der Waals surface area contributed by atoms with Gasteiger partial charge in [0.2, 0.25) is 0 Å². The molecule has 0 bridgehead atoms. The van der Waals surface area contributed by atoms with E-state index in [0.29, 0.717) is 22.8 Å². The van der Waals surface area contributed by atoms with Gasteiger partial charge in [0.15, 0.2) is 5.78 Å². The second-order valence-corrected chi connectivity index (χ2v) is 5.52. The van der Waals surface area contributed by atoms with E-state index in [4.69, 9.17) is 18.9 Å². The van der Waals surface area contributed by atoms with Crippen molar-refractivity contribution in [1.82, 2.24) is 0 Å². The van der Waals surface area contributed by atoms with Gasteiger partial charge < -0.3 is 29.2 Å². The minimum atomic E-state index is -0.697. The van der Waals surface area contributed by atoms with Crippen LogP contribution in [0.2, 0.25) is 0 Å². The number of phenols is 2. The van der Waals surface area contributed by atoms with Gasteiger partial charge in [-0.3, -0.25) is 4.79 Å². The minimum absolute atomic E-state index is 0.00954. The fourth-order valence-corrected chi connectivity index (χ4v) is 2.94. The van der Waals surface area contributed by atoms with Crippen molar-refractivity contribution in [3.8, 4) is 34.5 Å². The topological polar surface area (TPSA) is 94.5 Å². The van der Waals surface area contributed by atoms with E-state index < -0.39 is 6.10 Å². The number of carbonyl (C=O) groups is 1. The molecule has 1 aliphatic heterocycles. The summed E-state index contributed by atoms with van der Waals surface area (Å²) >= 11 is 0. The Morgan fingerprint density at radius 1 is 1.00 bits per heavy atom. The zero-order valence-electron chi connectivity index (χ0n) is 14.0. The number of methoxy groups -OCH3 is 3. The van der Waals surface area contributed by atoms with E-state index >= 15 is 0 Å². The van der Waals surface area contributed by atoms with Crippen LogP contribution in [0.1, 0.15) is 28.4 Å². The summed E-state index contributed by atoms with van der Waals surface area (Å²) in [6.07, 6.45) is -0.707. The maximum Gasteiger partial charge on any atom is 0.174 e. The number of hydrogen-bond acceptors (Lipinski definition) is 7. The summed E-state index contributed by atoms with van der Waals surface area (Å²) in [6, 6.07) is 5.73. The fourth-order valence-electron chi connectivity index (χ4n) is 2.94. The highest BCUT2D eigenvalue weighted by Crippen LogP contribution is 2.46. The largest absolute Gasteiger partial charge is 0.508 e. The molecule has 25 heavy (non-hydrogen) atoms. The zero-order valence-corrected chi connectivity index (χ0v) is 14.0. The predicted molar refractivity (Wildman–Crippen MR) is 88.2 cm³/mol. The lowest BCUT2D eigenvalue weighted by Crippen LogP contribution is -2.21. The number of Topliss-reactive ketones (excluding diaryl/α,β-unsaturated/α-hetero) is 1. The molecule has 3 rings (SSSR count). The number of carbonyl (C=O) groups excluding carboxylic acids is 1. The van der Waals surface area contributed by atoms with Gasteiger partial charge in [-0.1, -0.05) is 0 Å². The van der Waals surface area contributed by atoms with Crippen LogP contribution in [0.5, 0.6) is 34.5 Å². The van der Waals surface area contributed by atoms with Gasteiger partial charge in [0.05, 0.1) is 33.3 Å². The second kappa shape index (κ2) is 6.43. The molecule has 0 spiro atoms. The summed E-state index contributed by atoms with van der Waals surface area (Å²) in [5.74, 6) is 0.728. The average Bonchev–Trinajstić information content (AvgIpc) is 2.59. The zero-order chi connectivity index (χ0) is 18.1. The lowest BCUT2D eigenvalue weighted by molar-refractivity contribution is 0.0838. The number of aromatic hydroxyl groups is 2. The number of rotatable bonds is 4. The maximum atomic E-state index is 12.5. The first-order valence-corrected chi connectivity index (χ1v) is 7.54. The quantitative estimate of drug-likeness (QED) is 0.879. The van der Waals surface area contributed by atoms with Crippen molar-refractivity contribution in [2.45, 2.75) is 12.5 Å². The molecule has 0 saturated heterocycles. The Bertz CT molecular complexity index is 803. The third-order valence-corrected chi connectivity index (χ3v) is 4.06. The van der Waals surface area contributed by atoms with E-state index in [-0.39, 0.29) is 35.0 Å². The van der Waals surface area contributed by atoms with Gasteiger partial charge in [-0.25, -0.2) is 0 Å². The normalized spacial score (nSPS) is 16.0. The Labute approximate surface area is 144 Å². The maximum absolute atomic E-state index is 12.5. The van der Waals surface area contributed by atoms with Crippen molar-refractivity contribution in [2.24, 2.45) is 0 Å². The fraction of sp³-hybridized carbons (Fsp3) is 0.278. The molecule has 0 fully saturated rings. The van der Waals surface area contributed by atoms with Crippen LogP contribution in [-0.4, -0.2) is 37.3 Å². The van der Waals surface area contributed by atoms with E-state index in [0.717, 1.165) is 6.07 Å². The predicted octanol–water partition coefficient (Wildman–Crippen LogP) is 2.83. The van der Waals surface area contributed by atoms with Crippen molar-refractivity contribution >= 4 is 5.78 Å². The summed E-state index contributed by atoms with van der Waals surface area (Å²) in [5.41, 5.74) is 0.605. The Balaban J connectivity index is 2.10. The van der Waals surface area contributed by atoms with E-state index in [1.807, 2.05) is 0 Å².